The molecule has 0 amide bonds. The lowest BCUT2D eigenvalue weighted by atomic mass is 10.3. The van der Waals surface area contributed by atoms with E-state index in [4.69, 9.17) is 5.73 Å². The Bertz CT molecular complexity index is 686. The Hall–Kier alpha value is -1.51. The highest BCUT2D eigenvalue weighted by molar-refractivity contribution is 7.15. The fourth-order valence-corrected chi connectivity index (χ4v) is 4.02. The van der Waals surface area contributed by atoms with Crippen LogP contribution in [0.5, 0.6) is 0 Å². The molecule has 0 aliphatic carbocycles. The molecule has 3 N–H and O–H groups in total. The molecule has 0 atom stereocenters. The van der Waals surface area contributed by atoms with Crippen molar-refractivity contribution in [1.29, 1.82) is 0 Å². The lowest BCUT2D eigenvalue weighted by Gasteiger charge is -2.04. The zero-order valence-corrected chi connectivity index (χ0v) is 13.2. The topological polar surface area (TPSA) is 76.7 Å². The smallest absolute Gasteiger partial charge is 0.149 e. The Morgan fingerprint density at radius 3 is 2.95 bits per heavy atom. The van der Waals surface area contributed by atoms with E-state index in [9.17, 15) is 0 Å². The number of anilines is 2. The molecule has 0 fully saturated rings. The lowest BCUT2D eigenvalue weighted by molar-refractivity contribution is 0.981. The van der Waals surface area contributed by atoms with Crippen molar-refractivity contribution in [2.75, 3.05) is 17.6 Å². The van der Waals surface area contributed by atoms with E-state index >= 15 is 0 Å². The summed E-state index contributed by atoms with van der Waals surface area (Å²) in [6, 6.07) is 0. The van der Waals surface area contributed by atoms with Crippen molar-refractivity contribution in [2.45, 2.75) is 13.3 Å². The first kappa shape index (κ1) is 13.5. The van der Waals surface area contributed by atoms with E-state index in [1.807, 2.05) is 17.8 Å². The highest BCUT2D eigenvalue weighted by atomic mass is 32.1. The van der Waals surface area contributed by atoms with E-state index in [0.29, 0.717) is 5.82 Å². The normalized spacial score (nSPS) is 10.8. The SMILES string of the molecule is Cc1csc(-c2c(N)nsc2NCCc2cscn2)n1. The van der Waals surface area contributed by atoms with Crippen LogP contribution in [-0.2, 0) is 6.42 Å². The van der Waals surface area contributed by atoms with Gasteiger partial charge in [-0.3, -0.25) is 0 Å². The number of rotatable bonds is 5. The van der Waals surface area contributed by atoms with Crippen molar-refractivity contribution in [1.82, 2.24) is 14.3 Å². The van der Waals surface area contributed by atoms with Crippen LogP contribution in [0.2, 0.25) is 0 Å². The molecular formula is C12H13N5S3. The summed E-state index contributed by atoms with van der Waals surface area (Å²) < 4.78 is 4.23. The third-order valence-electron chi connectivity index (χ3n) is 2.70. The van der Waals surface area contributed by atoms with Gasteiger partial charge in [-0.25, -0.2) is 9.97 Å². The molecule has 0 saturated carbocycles. The lowest BCUT2D eigenvalue weighted by Crippen LogP contribution is -2.04. The minimum Gasteiger partial charge on any atom is -0.382 e. The summed E-state index contributed by atoms with van der Waals surface area (Å²) in [5.74, 6) is 0.542. The monoisotopic (exact) mass is 323 g/mol. The van der Waals surface area contributed by atoms with Crippen molar-refractivity contribution in [3.8, 4) is 10.6 Å². The van der Waals surface area contributed by atoms with Crippen LogP contribution in [0.15, 0.2) is 16.3 Å². The largest absolute Gasteiger partial charge is 0.382 e. The average Bonchev–Trinajstić information content (AvgIpc) is 3.12. The molecule has 0 aliphatic rings. The number of hydrogen-bond acceptors (Lipinski definition) is 8. The molecule has 3 heterocycles. The van der Waals surface area contributed by atoms with E-state index in [-0.39, 0.29) is 0 Å². The molecule has 3 rings (SSSR count). The summed E-state index contributed by atoms with van der Waals surface area (Å²) in [5, 5.41) is 9.37. The number of nitrogens with zero attached hydrogens (tertiary/aromatic N) is 3. The van der Waals surface area contributed by atoms with Gasteiger partial charge in [0.2, 0.25) is 0 Å². The third kappa shape index (κ3) is 2.82. The van der Waals surface area contributed by atoms with Crippen LogP contribution in [0.4, 0.5) is 10.8 Å². The molecular weight excluding hydrogens is 310 g/mol. The molecule has 0 spiro atoms. The van der Waals surface area contributed by atoms with Crippen LogP contribution >= 0.6 is 34.2 Å². The van der Waals surface area contributed by atoms with Gasteiger partial charge in [-0.2, -0.15) is 4.37 Å². The summed E-state index contributed by atoms with van der Waals surface area (Å²) in [6.45, 7) is 2.79. The van der Waals surface area contributed by atoms with Gasteiger partial charge in [0.05, 0.1) is 16.8 Å². The molecule has 3 aromatic rings. The summed E-state index contributed by atoms with van der Waals surface area (Å²) in [6.07, 6.45) is 0.887. The predicted molar refractivity (Wildman–Crippen MR) is 86.7 cm³/mol. The molecule has 5 nitrogen and oxygen atoms in total. The van der Waals surface area contributed by atoms with Gasteiger partial charge >= 0.3 is 0 Å². The van der Waals surface area contributed by atoms with E-state index in [1.165, 1.54) is 11.5 Å². The van der Waals surface area contributed by atoms with Gasteiger partial charge in [0.1, 0.15) is 15.8 Å². The first-order valence-electron chi connectivity index (χ1n) is 6.02. The number of thiazole rings is 2. The third-order valence-corrected chi connectivity index (χ3v) is 5.13. The first-order chi connectivity index (χ1) is 9.74. The van der Waals surface area contributed by atoms with Crippen LogP contribution in [0.25, 0.3) is 10.6 Å². The quantitative estimate of drug-likeness (QED) is 0.753. The minimum absolute atomic E-state index is 0.542. The second-order valence-corrected chi connectivity index (χ2v) is 6.57. The Morgan fingerprint density at radius 1 is 1.35 bits per heavy atom. The zero-order valence-electron chi connectivity index (χ0n) is 10.8. The maximum atomic E-state index is 5.96. The van der Waals surface area contributed by atoms with Gasteiger partial charge in [0.25, 0.3) is 0 Å². The second-order valence-electron chi connectivity index (χ2n) is 4.22. The number of aryl methyl sites for hydroxylation is 1. The van der Waals surface area contributed by atoms with Gasteiger partial charge in [-0.05, 0) is 18.5 Å². The number of nitrogens with one attached hydrogen (secondary N) is 1. The van der Waals surface area contributed by atoms with Gasteiger partial charge in [-0.1, -0.05) is 0 Å². The van der Waals surface area contributed by atoms with Gasteiger partial charge in [0.15, 0.2) is 0 Å². The van der Waals surface area contributed by atoms with Crippen molar-refractivity contribution >= 4 is 45.0 Å². The van der Waals surface area contributed by atoms with Gasteiger partial charge in [-0.15, -0.1) is 22.7 Å². The van der Waals surface area contributed by atoms with Crippen LogP contribution in [-0.4, -0.2) is 20.9 Å². The van der Waals surface area contributed by atoms with E-state index in [0.717, 1.165) is 39.9 Å². The predicted octanol–water partition coefficient (Wildman–Crippen LogP) is 3.27. The molecule has 104 valence electrons. The zero-order chi connectivity index (χ0) is 13.9. The van der Waals surface area contributed by atoms with Crippen LogP contribution in [0.1, 0.15) is 11.4 Å². The fraction of sp³-hybridized carbons (Fsp3) is 0.250. The highest BCUT2D eigenvalue weighted by Gasteiger charge is 2.16. The molecule has 0 unspecified atom stereocenters. The van der Waals surface area contributed by atoms with E-state index < -0.39 is 0 Å². The Balaban J connectivity index is 1.74. The molecule has 8 heteroatoms. The second kappa shape index (κ2) is 5.86. The van der Waals surface area contributed by atoms with Crippen molar-refractivity contribution in [3.05, 3.63) is 27.7 Å². The maximum Gasteiger partial charge on any atom is 0.149 e. The molecule has 20 heavy (non-hydrogen) atoms. The Kier molecular flexibility index (Phi) is 3.95. The van der Waals surface area contributed by atoms with Crippen molar-refractivity contribution in [2.24, 2.45) is 0 Å². The number of hydrogen-bond donors (Lipinski definition) is 2. The molecule has 0 bridgehead atoms. The summed E-state index contributed by atoms with van der Waals surface area (Å²) in [5.41, 5.74) is 10.8. The molecule has 0 aromatic carbocycles. The average molecular weight is 323 g/mol. The molecule has 3 aromatic heterocycles. The summed E-state index contributed by atoms with van der Waals surface area (Å²) in [4.78, 5) is 8.75. The number of nitrogens with two attached hydrogens (primary N) is 1. The minimum atomic E-state index is 0.542. The molecule has 0 radical (unpaired) electrons. The van der Waals surface area contributed by atoms with Crippen LogP contribution in [0, 0.1) is 6.92 Å². The maximum absolute atomic E-state index is 5.96. The fourth-order valence-electron chi connectivity index (χ4n) is 1.76. The van der Waals surface area contributed by atoms with E-state index in [1.54, 1.807) is 22.7 Å². The summed E-state index contributed by atoms with van der Waals surface area (Å²) in [7, 11) is 0. The molecule has 0 aliphatic heterocycles. The molecule has 0 saturated heterocycles. The van der Waals surface area contributed by atoms with Gasteiger partial charge < -0.3 is 11.1 Å². The Labute approximate surface area is 128 Å². The highest BCUT2D eigenvalue weighted by Crippen LogP contribution is 2.38. The number of nitrogen functional groups attached to an aromatic ring is 1. The summed E-state index contributed by atoms with van der Waals surface area (Å²) >= 11 is 4.59. The number of aromatic nitrogens is 3. The first-order valence-corrected chi connectivity index (χ1v) is 8.62. The van der Waals surface area contributed by atoms with Crippen molar-refractivity contribution < 1.29 is 0 Å². The van der Waals surface area contributed by atoms with Gasteiger partial charge in [0, 0.05) is 29.4 Å². The Morgan fingerprint density at radius 2 is 2.25 bits per heavy atom. The van der Waals surface area contributed by atoms with Crippen LogP contribution in [0.3, 0.4) is 0 Å². The van der Waals surface area contributed by atoms with Crippen LogP contribution < -0.4 is 11.1 Å². The van der Waals surface area contributed by atoms with Crippen molar-refractivity contribution in [3.63, 3.8) is 0 Å². The standard InChI is InChI=1S/C12H13N5S3/c1-7-4-19-12(16-7)9-10(13)17-20-11(9)14-3-2-8-5-18-6-15-8/h4-6,14H,2-3H2,1H3,(H2,13,17). The van der Waals surface area contributed by atoms with E-state index in [2.05, 4.69) is 25.0 Å².